The molecule has 0 saturated heterocycles. The molecule has 0 unspecified atom stereocenters. The number of aliphatic hydroxyl groups is 1. The molecule has 0 saturated carbocycles. The number of halogens is 9. The largest absolute Gasteiger partial charge is 0.511 e. The molecule has 0 bridgehead atoms. The number of rotatable bonds is 10. The van der Waals surface area contributed by atoms with Crippen molar-refractivity contribution in [3.05, 3.63) is 71.1 Å². The molecule has 0 aliphatic heterocycles. The van der Waals surface area contributed by atoms with Gasteiger partial charge in [0.1, 0.15) is 39.6 Å². The second-order valence-corrected chi connectivity index (χ2v) is 20.8. The van der Waals surface area contributed by atoms with E-state index >= 15 is 0 Å². The van der Waals surface area contributed by atoms with Crippen LogP contribution in [0.3, 0.4) is 0 Å². The summed E-state index contributed by atoms with van der Waals surface area (Å²) in [5, 5.41) is 11.2. The summed E-state index contributed by atoms with van der Waals surface area (Å²) < 4.78 is 126. The number of nitrogens with zero attached hydrogens (tertiary/aromatic N) is 2. The SMILES string of the molecule is CCC(CC)(C(=O)/C=C(\O)C(CC)(CC)C(F)(F)F)C(F)(F)F.C[Si](C)(C)Cc1ccc2c(c1)oc1c(-c3[c-]ccc4sc(C(F)(F)F)cc34)ncnc12.[Ir]. The van der Waals surface area contributed by atoms with Crippen LogP contribution in [0.25, 0.3) is 43.4 Å². The first-order valence-corrected chi connectivity index (χ1v) is 21.7. The predicted octanol–water partition coefficient (Wildman–Crippen LogP) is 13.2. The van der Waals surface area contributed by atoms with Gasteiger partial charge in [-0.25, -0.2) is 4.98 Å². The van der Waals surface area contributed by atoms with Gasteiger partial charge < -0.3 is 9.52 Å². The Morgan fingerprint density at radius 2 is 1.44 bits per heavy atom. The summed E-state index contributed by atoms with van der Waals surface area (Å²) >= 11 is 0.715. The van der Waals surface area contributed by atoms with Crippen LogP contribution in [0.1, 0.15) is 63.8 Å². The fraction of sp³-hybridized carbons (Fsp3) is 0.447. The zero-order valence-corrected chi connectivity index (χ0v) is 35.2. The molecule has 5 rings (SSSR count). The quantitative estimate of drug-likeness (QED) is 0.0496. The van der Waals surface area contributed by atoms with Crippen LogP contribution in [-0.4, -0.2) is 41.3 Å². The number of ketones is 1. The molecule has 3 heterocycles. The maximum absolute atomic E-state index is 13.3. The number of hydrogen-bond acceptors (Lipinski definition) is 6. The molecule has 303 valence electrons. The Bertz CT molecular complexity index is 2160. The van der Waals surface area contributed by atoms with Gasteiger partial charge in [-0.2, -0.15) is 50.9 Å². The van der Waals surface area contributed by atoms with Gasteiger partial charge in [-0.1, -0.05) is 64.9 Å². The van der Waals surface area contributed by atoms with E-state index in [4.69, 9.17) is 4.42 Å². The summed E-state index contributed by atoms with van der Waals surface area (Å²) in [7, 11) is -1.30. The maximum Gasteiger partial charge on any atom is 0.424 e. The number of alkyl halides is 9. The van der Waals surface area contributed by atoms with E-state index in [1.54, 1.807) is 12.1 Å². The minimum Gasteiger partial charge on any atom is -0.511 e. The molecule has 0 spiro atoms. The second kappa shape index (κ2) is 16.7. The van der Waals surface area contributed by atoms with Crippen LogP contribution in [-0.2, 0) is 37.1 Å². The maximum atomic E-state index is 13.3. The smallest absolute Gasteiger partial charge is 0.424 e. The first kappa shape index (κ1) is 46.1. The Hall–Kier alpha value is -3.27. The van der Waals surface area contributed by atoms with Crippen molar-refractivity contribution in [2.75, 3.05) is 0 Å². The van der Waals surface area contributed by atoms with Crippen LogP contribution in [0.4, 0.5) is 39.5 Å². The van der Waals surface area contributed by atoms with Crippen molar-refractivity contribution in [2.45, 2.75) is 97.6 Å². The number of fused-ring (bicyclic) bond motifs is 4. The van der Waals surface area contributed by atoms with Gasteiger partial charge in [-0.15, -0.1) is 23.8 Å². The average molecular weight is 996 g/mol. The summed E-state index contributed by atoms with van der Waals surface area (Å²) in [5.74, 6) is -2.92. The molecule has 0 fully saturated rings. The van der Waals surface area contributed by atoms with Crippen molar-refractivity contribution >= 4 is 57.3 Å². The monoisotopic (exact) mass is 996 g/mol. The van der Waals surface area contributed by atoms with Gasteiger partial charge in [0.05, 0.1) is 4.88 Å². The Balaban J connectivity index is 0.000000306. The van der Waals surface area contributed by atoms with Crippen molar-refractivity contribution in [1.29, 1.82) is 0 Å². The molecule has 0 atom stereocenters. The molecule has 1 radical (unpaired) electrons. The standard InChI is InChI=1S/C23H18F3N2OSSi.C15H22F6O2.Ir/c1-31(2,3)11-13-7-8-15-17(9-13)29-22-20(27-12-28-21(15)22)14-5-4-6-18-16(14)10-19(30-18)23(24,25)26;1-5-12(6-2,14(16,17)18)10(22)9-11(23)13(7-3,8-4)15(19,20)21;/h4,6-10,12H,11H2,1-3H3;9,22H,5-8H2,1-4H3;/q-1;;/b;10-9-;. The Morgan fingerprint density at radius 1 is 0.855 bits per heavy atom. The van der Waals surface area contributed by atoms with Gasteiger partial charge in [-0.3, -0.25) is 9.78 Å². The van der Waals surface area contributed by atoms with Gasteiger partial charge in [0.15, 0.2) is 5.78 Å². The van der Waals surface area contributed by atoms with E-state index in [0.29, 0.717) is 49.4 Å². The fourth-order valence-corrected chi connectivity index (χ4v) is 8.94. The van der Waals surface area contributed by atoms with Crippen molar-refractivity contribution < 1.29 is 73.9 Å². The number of hydrogen-bond donors (Lipinski definition) is 1. The Kier molecular flexibility index (Phi) is 14.0. The number of aliphatic hydroxyl groups excluding tert-OH is 1. The van der Waals surface area contributed by atoms with Crippen molar-refractivity contribution in [3.63, 3.8) is 0 Å². The van der Waals surface area contributed by atoms with Crippen LogP contribution in [0.2, 0.25) is 19.6 Å². The van der Waals surface area contributed by atoms with Crippen LogP contribution < -0.4 is 0 Å². The third-order valence-corrected chi connectivity index (χ3v) is 12.4. The van der Waals surface area contributed by atoms with Crippen LogP contribution in [0.15, 0.2) is 59.0 Å². The van der Waals surface area contributed by atoms with Gasteiger partial charge in [-0.05, 0) is 54.1 Å². The fourth-order valence-electron chi connectivity index (χ4n) is 6.56. The number of allylic oxidation sites excluding steroid dienone is 2. The van der Waals surface area contributed by atoms with E-state index in [9.17, 15) is 49.4 Å². The van der Waals surface area contributed by atoms with Crippen LogP contribution in [0, 0.1) is 16.9 Å². The predicted molar refractivity (Wildman–Crippen MR) is 195 cm³/mol. The van der Waals surface area contributed by atoms with Gasteiger partial charge in [0, 0.05) is 45.3 Å². The summed E-state index contributed by atoms with van der Waals surface area (Å²) in [6.45, 7) is 11.5. The summed E-state index contributed by atoms with van der Waals surface area (Å²) in [6, 6.07) is 14.7. The molecule has 17 heteroatoms. The number of benzene rings is 2. The van der Waals surface area contributed by atoms with E-state index in [-0.39, 0.29) is 26.2 Å². The summed E-state index contributed by atoms with van der Waals surface area (Å²) in [5.41, 5.74) is -1.55. The molecular formula is C38H40F9IrN2O3SSi-. The van der Waals surface area contributed by atoms with Crippen LogP contribution >= 0.6 is 11.3 Å². The Labute approximate surface area is 330 Å². The van der Waals surface area contributed by atoms with E-state index in [0.717, 1.165) is 45.2 Å². The molecule has 0 aliphatic carbocycles. The number of carbonyl (C=O) groups is 1. The van der Waals surface area contributed by atoms with E-state index in [2.05, 4.69) is 41.7 Å². The van der Waals surface area contributed by atoms with Crippen molar-refractivity contribution in [3.8, 4) is 11.3 Å². The molecule has 3 aromatic heterocycles. The third kappa shape index (κ3) is 9.15. The summed E-state index contributed by atoms with van der Waals surface area (Å²) in [6.07, 6.45) is -15.1. The molecule has 55 heavy (non-hydrogen) atoms. The van der Waals surface area contributed by atoms with Crippen LogP contribution in [0.5, 0.6) is 0 Å². The number of carbonyl (C=O) groups excluding carboxylic acids is 1. The molecule has 0 amide bonds. The van der Waals surface area contributed by atoms with E-state index < -0.39 is 79.5 Å². The topological polar surface area (TPSA) is 76.2 Å². The molecule has 5 aromatic rings. The van der Waals surface area contributed by atoms with E-state index in [1.807, 2.05) is 12.1 Å². The minimum absolute atomic E-state index is 0. The van der Waals surface area contributed by atoms with Gasteiger partial charge in [0.2, 0.25) is 0 Å². The normalized spacial score (nSPS) is 13.6. The zero-order valence-electron chi connectivity index (χ0n) is 31.0. The molecular weight excluding hydrogens is 956 g/mol. The number of furan rings is 1. The Morgan fingerprint density at radius 3 is 1.95 bits per heavy atom. The molecule has 5 nitrogen and oxygen atoms in total. The average Bonchev–Trinajstić information content (AvgIpc) is 3.67. The van der Waals surface area contributed by atoms with Gasteiger partial charge in [0.25, 0.3) is 0 Å². The number of thiophene rings is 1. The second-order valence-electron chi connectivity index (χ2n) is 14.3. The van der Waals surface area contributed by atoms with Crippen molar-refractivity contribution in [2.24, 2.45) is 10.8 Å². The van der Waals surface area contributed by atoms with Gasteiger partial charge >= 0.3 is 18.5 Å². The zero-order chi connectivity index (χ0) is 40.7. The van der Waals surface area contributed by atoms with E-state index in [1.165, 1.54) is 11.9 Å². The summed E-state index contributed by atoms with van der Waals surface area (Å²) in [4.78, 5) is 20.2. The molecule has 2 aromatic carbocycles. The minimum atomic E-state index is -4.91. The van der Waals surface area contributed by atoms with Crippen molar-refractivity contribution in [1.82, 2.24) is 9.97 Å². The first-order chi connectivity index (χ1) is 24.9. The first-order valence-electron chi connectivity index (χ1n) is 17.2. The third-order valence-electron chi connectivity index (χ3n) is 9.79. The number of aromatic nitrogens is 2. The molecule has 0 aliphatic rings. The molecule has 1 N–H and O–H groups in total.